The van der Waals surface area contributed by atoms with Crippen LogP contribution >= 0.6 is 19.8 Å². The minimum absolute atomic E-state index is 0. The summed E-state index contributed by atoms with van der Waals surface area (Å²) in [7, 11) is 0. The summed E-state index contributed by atoms with van der Waals surface area (Å²) in [5, 5.41) is 0. The van der Waals surface area contributed by atoms with Gasteiger partial charge in [0.2, 0.25) is 0 Å². The van der Waals surface area contributed by atoms with Crippen LogP contribution < -0.4 is 0 Å². The molecule has 2 unspecified atom stereocenters. The van der Waals surface area contributed by atoms with Gasteiger partial charge >= 0.3 is 76.1 Å². The molecule has 0 aliphatic rings. The van der Waals surface area contributed by atoms with E-state index in [-0.39, 0.29) is 134 Å². The van der Waals surface area contributed by atoms with Gasteiger partial charge in [-0.15, -0.1) is 0 Å². The molecule has 0 rings (SSSR count). The molecule has 0 aromatic carbocycles. The van der Waals surface area contributed by atoms with E-state index < -0.39 is 0 Å². The van der Waals surface area contributed by atoms with Crippen LogP contribution in [0.2, 0.25) is 0 Å². The maximum Gasteiger partial charge on any atom is 5.00 e. The zero-order chi connectivity index (χ0) is 0. The van der Waals surface area contributed by atoms with Crippen LogP contribution in [0.5, 0.6) is 0 Å². The van der Waals surface area contributed by atoms with Gasteiger partial charge in [0.1, 0.15) is 0 Å². The zero-order valence-electron chi connectivity index (χ0n) is 6.58. The molecule has 0 aromatic rings. The van der Waals surface area contributed by atoms with E-state index in [0.717, 1.165) is 0 Å². The summed E-state index contributed by atoms with van der Waals surface area (Å²) >= 11 is 0. The SMILES string of the molecule is P.P.[O-2].[O-2].[O-2].[O-2].[O-2].[O-2].[O-2].[V+5].[V+5].[Zn+2].[Zn+2]. The molecule has 2 atom stereocenters. The largest absolute Gasteiger partial charge is 5.00 e. The number of hydrogen-bond donors (Lipinski definition) is 0. The van der Waals surface area contributed by atoms with Crippen molar-refractivity contribution in [3.8, 4) is 0 Å². The quantitative estimate of drug-likeness (QED) is 0.357. The van der Waals surface area contributed by atoms with Crippen LogP contribution in [0.15, 0.2) is 0 Å². The van der Waals surface area contributed by atoms with E-state index in [4.69, 9.17) is 0 Å². The monoisotopic (exact) mass is 410 g/mol. The van der Waals surface area contributed by atoms with E-state index in [2.05, 4.69) is 0 Å². The Bertz CT molecular complexity index is 22.5. The summed E-state index contributed by atoms with van der Waals surface area (Å²) in [6.07, 6.45) is 0. The van der Waals surface area contributed by atoms with Crippen molar-refractivity contribution in [2.75, 3.05) is 0 Å². The van der Waals surface area contributed by atoms with Gasteiger partial charge in [0.15, 0.2) is 0 Å². The van der Waals surface area contributed by atoms with Gasteiger partial charge in [-0.2, -0.15) is 19.8 Å². The van der Waals surface area contributed by atoms with Crippen molar-refractivity contribution in [3.63, 3.8) is 0 Å². The van der Waals surface area contributed by atoms with Gasteiger partial charge in [-0.1, -0.05) is 0 Å². The van der Waals surface area contributed by atoms with Crippen LogP contribution in [0, 0.1) is 0 Å². The number of hydrogen-bond acceptors (Lipinski definition) is 0. The Morgan fingerprint density at radius 3 is 0.308 bits per heavy atom. The smallest absolute Gasteiger partial charge is 2.00 e. The maximum absolute atomic E-state index is 0. The van der Waals surface area contributed by atoms with Crippen LogP contribution in [0.3, 0.4) is 0 Å². The van der Waals surface area contributed by atoms with Gasteiger partial charge in [0.25, 0.3) is 0 Å². The summed E-state index contributed by atoms with van der Waals surface area (Å²) < 4.78 is 0. The van der Waals surface area contributed by atoms with E-state index in [1.807, 2.05) is 0 Å². The van der Waals surface area contributed by atoms with Crippen LogP contribution in [0.25, 0.3) is 0 Å². The maximum atomic E-state index is 0. The Hall–Kier alpha value is 3.00. The first-order valence-corrected chi connectivity index (χ1v) is 0. The third-order valence-corrected chi connectivity index (χ3v) is 0. The molecule has 7 nitrogen and oxygen atoms in total. The Morgan fingerprint density at radius 2 is 0.308 bits per heavy atom. The van der Waals surface area contributed by atoms with Gasteiger partial charge in [0, 0.05) is 0 Å². The van der Waals surface area contributed by atoms with Gasteiger partial charge in [-0.3, -0.25) is 0 Å². The van der Waals surface area contributed by atoms with Crippen molar-refractivity contribution in [1.29, 1.82) is 0 Å². The minimum Gasteiger partial charge on any atom is -2.00 e. The summed E-state index contributed by atoms with van der Waals surface area (Å²) in [5.41, 5.74) is 0. The summed E-state index contributed by atoms with van der Waals surface area (Å²) in [5.74, 6) is 0. The van der Waals surface area contributed by atoms with Crippen LogP contribution in [-0.4, -0.2) is 0 Å². The van der Waals surface area contributed by atoms with Gasteiger partial charge in [-0.05, 0) is 0 Å². The van der Waals surface area contributed by atoms with Gasteiger partial charge in [-0.25, -0.2) is 0 Å². The predicted octanol–water partition coefficient (Wildman–Crippen LogP) is -0.725. The third kappa shape index (κ3) is 282. The molecule has 0 N–H and O–H groups in total. The van der Waals surface area contributed by atoms with E-state index >= 15 is 0 Å². The molecule has 0 saturated heterocycles. The standard InChI is InChI=1S/7O.2H3P.2V.2Zn/h;;;;;;;2*1H3;;;;/q7*-2;;;2*+5;2*+2. The summed E-state index contributed by atoms with van der Waals surface area (Å²) in [6.45, 7) is 0. The first-order valence-electron chi connectivity index (χ1n) is 0. The number of rotatable bonds is 0. The molecule has 13 heavy (non-hydrogen) atoms. The predicted molar refractivity (Wildman–Crippen MR) is 27.0 cm³/mol. The average Bonchev–Trinajstić information content (AvgIpc) is 0. The van der Waals surface area contributed by atoms with Crippen molar-refractivity contribution in [2.24, 2.45) is 0 Å². The van der Waals surface area contributed by atoms with E-state index in [0.29, 0.717) is 0 Å². The third-order valence-electron chi connectivity index (χ3n) is 0. The molecular weight excluding hydrogens is 407 g/mol. The van der Waals surface area contributed by atoms with Crippen molar-refractivity contribution >= 4 is 19.8 Å². The molecule has 0 aliphatic heterocycles. The van der Waals surface area contributed by atoms with Crippen LogP contribution in [-0.2, 0) is 114 Å². The van der Waals surface area contributed by atoms with Gasteiger partial charge < -0.3 is 38.3 Å². The van der Waals surface area contributed by atoms with Crippen LogP contribution in [0.4, 0.5) is 0 Å². The Morgan fingerprint density at radius 1 is 0.308 bits per heavy atom. The second-order valence-electron chi connectivity index (χ2n) is 0. The van der Waals surface area contributed by atoms with E-state index in [1.165, 1.54) is 0 Å². The Labute approximate surface area is 133 Å². The van der Waals surface area contributed by atoms with E-state index in [1.54, 1.807) is 0 Å². The second kappa shape index (κ2) is 327. The first-order chi connectivity index (χ1) is 0. The molecule has 0 radical (unpaired) electrons. The minimum atomic E-state index is 0. The Kier molecular flexibility index (Phi) is 10100. The fourth-order valence-electron chi connectivity index (χ4n) is 0. The average molecular weight is 413 g/mol. The summed E-state index contributed by atoms with van der Waals surface area (Å²) in [4.78, 5) is 0. The molecule has 0 aromatic heterocycles. The Balaban J connectivity index is 0. The topological polar surface area (TPSA) is 200 Å². The second-order valence-corrected chi connectivity index (χ2v) is 0. The van der Waals surface area contributed by atoms with Crippen molar-refractivity contribution in [1.82, 2.24) is 0 Å². The van der Waals surface area contributed by atoms with Crippen molar-refractivity contribution < 1.29 is 114 Å². The molecule has 13 heteroatoms. The molecule has 0 saturated carbocycles. The molecular formula is H6O7P2V2Zn2. The molecule has 72 valence electrons. The normalized spacial score (nSPS) is 0. The molecule has 0 spiro atoms. The van der Waals surface area contributed by atoms with Gasteiger partial charge in [0.05, 0.1) is 0 Å². The van der Waals surface area contributed by atoms with E-state index in [9.17, 15) is 0 Å². The molecule has 0 heterocycles. The fourth-order valence-corrected chi connectivity index (χ4v) is 0. The molecule has 0 amide bonds. The molecule has 0 fully saturated rings. The van der Waals surface area contributed by atoms with Crippen molar-refractivity contribution in [3.05, 3.63) is 0 Å². The summed E-state index contributed by atoms with van der Waals surface area (Å²) in [6, 6.07) is 0. The first kappa shape index (κ1) is 401. The van der Waals surface area contributed by atoms with Crippen LogP contribution in [0.1, 0.15) is 0 Å². The van der Waals surface area contributed by atoms with Crippen molar-refractivity contribution in [2.45, 2.75) is 0 Å². The molecule has 0 bridgehead atoms. The zero-order valence-corrected chi connectivity index (χ0v) is 18.1. The fraction of sp³-hybridized carbons (Fsp3) is 0. The molecule has 0 aliphatic carbocycles.